The molecule has 0 saturated carbocycles. The van der Waals surface area contributed by atoms with Gasteiger partial charge in [-0.05, 0) is 24.3 Å². The molecule has 6 heteroatoms. The Morgan fingerprint density at radius 3 is 2.56 bits per heavy atom. The third-order valence-electron chi connectivity index (χ3n) is 2.53. The van der Waals surface area contributed by atoms with Gasteiger partial charge in [0.1, 0.15) is 10.6 Å². The van der Waals surface area contributed by atoms with Gasteiger partial charge in [-0.25, -0.2) is 13.4 Å². The van der Waals surface area contributed by atoms with Gasteiger partial charge in [-0.2, -0.15) is 0 Å². The van der Waals surface area contributed by atoms with Crippen LogP contribution in [0.25, 0.3) is 0 Å². The van der Waals surface area contributed by atoms with Crippen molar-refractivity contribution in [1.82, 2.24) is 9.71 Å². The van der Waals surface area contributed by atoms with Crippen LogP contribution in [-0.2, 0) is 10.0 Å². The Morgan fingerprint density at radius 2 is 1.78 bits per heavy atom. The topological polar surface area (TPSA) is 71.4 Å². The molecule has 1 aromatic carbocycles. The van der Waals surface area contributed by atoms with E-state index in [1.165, 1.54) is 6.07 Å². The van der Waals surface area contributed by atoms with Gasteiger partial charge in [0.25, 0.3) is 10.0 Å². The normalized spacial score (nSPS) is 16.3. The predicted molar refractivity (Wildman–Crippen MR) is 67.2 cm³/mol. The van der Waals surface area contributed by atoms with E-state index in [1.807, 2.05) is 0 Å². The van der Waals surface area contributed by atoms with E-state index < -0.39 is 10.0 Å². The Morgan fingerprint density at radius 1 is 1.00 bits per heavy atom. The summed E-state index contributed by atoms with van der Waals surface area (Å²) in [5, 5.41) is 0. The molecule has 0 amide bonds. The molecule has 0 aliphatic carbocycles. The molecular weight excluding hydrogens is 250 g/mol. The minimum absolute atomic E-state index is 0.185. The molecule has 18 heavy (non-hydrogen) atoms. The highest BCUT2D eigenvalue weighted by Gasteiger charge is 2.25. The van der Waals surface area contributed by atoms with E-state index in [9.17, 15) is 8.42 Å². The zero-order valence-electron chi connectivity index (χ0n) is 9.24. The number of aromatic nitrogens is 1. The monoisotopic (exact) mass is 259 g/mol. The Kier molecular flexibility index (Phi) is 2.38. The first-order valence-corrected chi connectivity index (χ1v) is 6.77. The average Bonchev–Trinajstić information content (AvgIpc) is 2.39. The number of fused-ring (bicyclic) bond motifs is 1. The Balaban J connectivity index is 2.20. The molecule has 0 unspecified atom stereocenters. The van der Waals surface area contributed by atoms with Gasteiger partial charge in [0.05, 0.1) is 5.69 Å². The van der Waals surface area contributed by atoms with E-state index >= 15 is 0 Å². The van der Waals surface area contributed by atoms with Crippen molar-refractivity contribution < 1.29 is 8.42 Å². The van der Waals surface area contributed by atoms with Gasteiger partial charge in [0.2, 0.25) is 0 Å². The van der Waals surface area contributed by atoms with Gasteiger partial charge < -0.3 is 0 Å². The number of para-hydroxylation sites is 1. The fourth-order valence-corrected chi connectivity index (χ4v) is 2.88. The molecule has 0 spiro atoms. The van der Waals surface area contributed by atoms with Gasteiger partial charge in [-0.1, -0.05) is 18.2 Å². The van der Waals surface area contributed by atoms with Crippen LogP contribution in [0.3, 0.4) is 0 Å². The van der Waals surface area contributed by atoms with Gasteiger partial charge in [-0.3, -0.25) is 9.71 Å². The van der Waals surface area contributed by atoms with Crippen molar-refractivity contribution in [1.29, 1.82) is 0 Å². The second-order valence-corrected chi connectivity index (χ2v) is 5.40. The maximum Gasteiger partial charge on any atom is 0.265 e. The first-order valence-electron chi connectivity index (χ1n) is 5.29. The molecule has 5 nitrogen and oxygen atoms in total. The number of benzene rings is 1. The van der Waals surface area contributed by atoms with Gasteiger partial charge >= 0.3 is 0 Å². The Labute approximate surface area is 104 Å². The summed E-state index contributed by atoms with van der Waals surface area (Å²) in [6.07, 6.45) is 1.59. The molecule has 0 fully saturated rings. The SMILES string of the molecule is O=S1(=O)NC(c2ccccn2)=Nc2ccccc21. The summed E-state index contributed by atoms with van der Waals surface area (Å²) in [6, 6.07) is 11.8. The fraction of sp³-hybridized carbons (Fsp3) is 0. The molecule has 2 heterocycles. The van der Waals surface area contributed by atoms with Crippen LogP contribution in [0.5, 0.6) is 0 Å². The van der Waals surface area contributed by atoms with E-state index in [0.717, 1.165) is 0 Å². The molecule has 1 aliphatic rings. The van der Waals surface area contributed by atoms with Crippen LogP contribution in [-0.4, -0.2) is 19.2 Å². The number of rotatable bonds is 1. The van der Waals surface area contributed by atoms with E-state index in [1.54, 1.807) is 42.6 Å². The molecule has 1 aliphatic heterocycles. The van der Waals surface area contributed by atoms with E-state index in [2.05, 4.69) is 14.7 Å². The molecule has 2 aromatic rings. The second kappa shape index (κ2) is 3.92. The summed E-state index contributed by atoms with van der Waals surface area (Å²) in [5.41, 5.74) is 0.924. The van der Waals surface area contributed by atoms with Crippen molar-refractivity contribution in [3.63, 3.8) is 0 Å². The first kappa shape index (κ1) is 10.9. The maximum atomic E-state index is 12.0. The van der Waals surface area contributed by atoms with Gasteiger partial charge in [-0.15, -0.1) is 0 Å². The lowest BCUT2D eigenvalue weighted by Crippen LogP contribution is -2.34. The highest BCUT2D eigenvalue weighted by Crippen LogP contribution is 2.27. The van der Waals surface area contributed by atoms with Crippen molar-refractivity contribution in [3.05, 3.63) is 54.4 Å². The summed E-state index contributed by atoms with van der Waals surface area (Å²) in [4.78, 5) is 8.54. The van der Waals surface area contributed by atoms with Crippen molar-refractivity contribution >= 4 is 21.5 Å². The molecule has 90 valence electrons. The highest BCUT2D eigenvalue weighted by atomic mass is 32.2. The molecule has 0 atom stereocenters. The second-order valence-electron chi connectivity index (χ2n) is 3.75. The number of nitrogens with one attached hydrogen (secondary N) is 1. The zero-order valence-corrected chi connectivity index (χ0v) is 10.1. The number of sulfonamides is 1. The maximum absolute atomic E-state index is 12.0. The summed E-state index contributed by atoms with van der Waals surface area (Å²) in [7, 11) is -3.56. The predicted octanol–water partition coefficient (Wildman–Crippen LogP) is 1.45. The van der Waals surface area contributed by atoms with Crippen molar-refractivity contribution in [2.45, 2.75) is 4.90 Å². The first-order chi connectivity index (χ1) is 8.67. The molecule has 0 saturated heterocycles. The number of hydrogen-bond acceptors (Lipinski definition) is 4. The Hall–Kier alpha value is -2.21. The van der Waals surface area contributed by atoms with E-state index in [-0.39, 0.29) is 10.7 Å². The summed E-state index contributed by atoms with van der Waals surface area (Å²) in [5.74, 6) is 0.245. The summed E-state index contributed by atoms with van der Waals surface area (Å²) < 4.78 is 26.5. The zero-order chi connectivity index (χ0) is 12.6. The largest absolute Gasteiger partial charge is 0.265 e. The van der Waals surface area contributed by atoms with E-state index in [4.69, 9.17) is 0 Å². The quantitative estimate of drug-likeness (QED) is 0.842. The van der Waals surface area contributed by atoms with Crippen LogP contribution >= 0.6 is 0 Å². The standard InChI is InChI=1S/C12H9N3O2S/c16-18(17)11-7-2-1-5-9(11)14-12(15-18)10-6-3-4-8-13-10/h1-8H,(H,14,15). The number of hydrogen-bond donors (Lipinski definition) is 1. The van der Waals surface area contributed by atoms with Crippen LogP contribution in [0, 0.1) is 0 Å². The lowest BCUT2D eigenvalue weighted by atomic mass is 10.3. The van der Waals surface area contributed by atoms with Gasteiger partial charge in [0, 0.05) is 6.20 Å². The number of aliphatic imine (C=N–C) groups is 1. The lowest BCUT2D eigenvalue weighted by molar-refractivity contribution is 0.591. The lowest BCUT2D eigenvalue weighted by Gasteiger charge is -2.17. The molecule has 0 bridgehead atoms. The third kappa shape index (κ3) is 1.76. The molecule has 1 N–H and O–H groups in total. The Bertz CT molecular complexity index is 724. The number of amidine groups is 1. The van der Waals surface area contributed by atoms with Crippen molar-refractivity contribution in [2.75, 3.05) is 0 Å². The third-order valence-corrected chi connectivity index (χ3v) is 3.91. The fourth-order valence-electron chi connectivity index (χ4n) is 1.71. The van der Waals surface area contributed by atoms with E-state index in [0.29, 0.717) is 11.4 Å². The molecule has 0 radical (unpaired) electrons. The molecular formula is C12H9N3O2S. The minimum Gasteiger partial charge on any atom is -0.261 e. The smallest absolute Gasteiger partial charge is 0.261 e. The van der Waals surface area contributed by atoms with Crippen LogP contribution in [0.4, 0.5) is 5.69 Å². The average molecular weight is 259 g/mol. The summed E-state index contributed by atoms with van der Waals surface area (Å²) in [6.45, 7) is 0. The minimum atomic E-state index is -3.56. The molecule has 3 rings (SSSR count). The number of pyridine rings is 1. The van der Waals surface area contributed by atoms with Crippen LogP contribution < -0.4 is 4.72 Å². The van der Waals surface area contributed by atoms with Crippen molar-refractivity contribution in [3.8, 4) is 0 Å². The summed E-state index contributed by atoms with van der Waals surface area (Å²) >= 11 is 0. The highest BCUT2D eigenvalue weighted by molar-refractivity contribution is 7.90. The van der Waals surface area contributed by atoms with Crippen molar-refractivity contribution in [2.24, 2.45) is 4.99 Å². The van der Waals surface area contributed by atoms with Gasteiger partial charge in [0.15, 0.2) is 5.84 Å². The van der Waals surface area contributed by atoms with Crippen LogP contribution in [0.1, 0.15) is 5.69 Å². The van der Waals surface area contributed by atoms with Crippen LogP contribution in [0.15, 0.2) is 58.5 Å². The molecule has 1 aromatic heterocycles. The number of nitrogens with zero attached hydrogens (tertiary/aromatic N) is 2. The van der Waals surface area contributed by atoms with Crippen LogP contribution in [0.2, 0.25) is 0 Å².